The van der Waals surface area contributed by atoms with Crippen molar-refractivity contribution in [1.29, 1.82) is 0 Å². The zero-order chi connectivity index (χ0) is 27.1. The van der Waals surface area contributed by atoms with Gasteiger partial charge in [0.25, 0.3) is 5.91 Å². The zero-order valence-electron chi connectivity index (χ0n) is 22.3. The lowest BCUT2D eigenvalue weighted by Crippen LogP contribution is -2.56. The molecule has 38 heavy (non-hydrogen) atoms. The third-order valence-corrected chi connectivity index (χ3v) is 8.54. The maximum atomic E-state index is 14.4. The molecule has 9 heteroatoms. The minimum Gasteiger partial charge on any atom is -0.461 e. The van der Waals surface area contributed by atoms with E-state index in [9.17, 15) is 19.5 Å². The highest BCUT2D eigenvalue weighted by atomic mass is 16.6. The van der Waals surface area contributed by atoms with Crippen molar-refractivity contribution in [2.24, 2.45) is 11.8 Å². The molecule has 0 bridgehead atoms. The summed E-state index contributed by atoms with van der Waals surface area (Å²) in [6, 6.07) is 6.89. The van der Waals surface area contributed by atoms with Crippen LogP contribution in [0.15, 0.2) is 48.6 Å². The van der Waals surface area contributed by atoms with Gasteiger partial charge in [-0.1, -0.05) is 25.2 Å². The van der Waals surface area contributed by atoms with E-state index in [4.69, 9.17) is 9.47 Å². The first kappa shape index (κ1) is 26.4. The van der Waals surface area contributed by atoms with Crippen molar-refractivity contribution >= 4 is 29.2 Å². The Labute approximate surface area is 223 Å². The van der Waals surface area contributed by atoms with Crippen molar-refractivity contribution in [2.45, 2.75) is 50.9 Å². The van der Waals surface area contributed by atoms with Crippen LogP contribution in [0.2, 0.25) is 0 Å². The van der Waals surface area contributed by atoms with Gasteiger partial charge < -0.3 is 29.3 Å². The summed E-state index contributed by atoms with van der Waals surface area (Å²) in [4.78, 5) is 47.1. The Balaban J connectivity index is 1.58. The first-order valence-electron chi connectivity index (χ1n) is 13.7. The van der Waals surface area contributed by atoms with Gasteiger partial charge >= 0.3 is 5.97 Å². The lowest BCUT2D eigenvalue weighted by atomic mass is 9.73. The molecule has 1 N–H and O–H groups in total. The molecule has 0 saturated carbocycles. The van der Waals surface area contributed by atoms with Gasteiger partial charge in [-0.25, -0.2) is 0 Å². The standard InChI is InChI=1S/C29H37N3O6/c1-4-28-14-8-19-37-27(36)23(28)22-25(34)32(17-9-18-33)24-26(35)31(16-7-15-29(22,24)38-28)21-12-10-20(11-13-21)30(5-2)6-3/h7-8,10-15,22-24,33H,4-6,9,16-19H2,1-3H3/t22-,23+,24?,28-,29-/m0/s1. The van der Waals surface area contributed by atoms with Crippen molar-refractivity contribution in [3.05, 3.63) is 48.6 Å². The smallest absolute Gasteiger partial charge is 0.313 e. The maximum absolute atomic E-state index is 14.4. The Morgan fingerprint density at radius 2 is 1.74 bits per heavy atom. The normalized spacial score (nSPS) is 32.0. The number of likely N-dealkylation sites (tertiary alicyclic amines) is 1. The summed E-state index contributed by atoms with van der Waals surface area (Å²) < 4.78 is 12.3. The second-order valence-corrected chi connectivity index (χ2v) is 10.3. The van der Waals surface area contributed by atoms with E-state index < -0.39 is 35.0 Å². The van der Waals surface area contributed by atoms with Gasteiger partial charge in [-0.3, -0.25) is 14.4 Å². The zero-order valence-corrected chi connectivity index (χ0v) is 22.3. The summed E-state index contributed by atoms with van der Waals surface area (Å²) in [5, 5.41) is 9.55. The van der Waals surface area contributed by atoms with Crippen LogP contribution in [-0.4, -0.2) is 84.4 Å². The van der Waals surface area contributed by atoms with Crippen LogP contribution in [-0.2, 0) is 23.9 Å². The fraction of sp³-hybridized carbons (Fsp3) is 0.552. The number of anilines is 2. The molecule has 0 aromatic heterocycles. The van der Waals surface area contributed by atoms with Crippen molar-refractivity contribution in [1.82, 2.24) is 4.90 Å². The van der Waals surface area contributed by atoms with Gasteiger partial charge in [-0.15, -0.1) is 0 Å². The van der Waals surface area contributed by atoms with Crippen molar-refractivity contribution in [2.75, 3.05) is 49.2 Å². The van der Waals surface area contributed by atoms with E-state index >= 15 is 0 Å². The molecule has 1 spiro atoms. The third-order valence-electron chi connectivity index (χ3n) is 8.54. The number of aliphatic hydroxyl groups is 1. The molecule has 5 atom stereocenters. The molecule has 9 nitrogen and oxygen atoms in total. The largest absolute Gasteiger partial charge is 0.461 e. The summed E-state index contributed by atoms with van der Waals surface area (Å²) in [6.07, 6.45) is 8.06. The lowest BCUT2D eigenvalue weighted by molar-refractivity contribution is -0.157. The number of aliphatic hydroxyl groups excluding tert-OH is 1. The molecule has 0 radical (unpaired) electrons. The van der Waals surface area contributed by atoms with Crippen LogP contribution in [0.4, 0.5) is 11.4 Å². The van der Waals surface area contributed by atoms with Gasteiger partial charge in [0.2, 0.25) is 5.91 Å². The number of carbonyl (C=O) groups excluding carboxylic acids is 3. The third kappa shape index (κ3) is 3.86. The van der Waals surface area contributed by atoms with Crippen LogP contribution < -0.4 is 9.80 Å². The number of hydrogen-bond donors (Lipinski definition) is 1. The molecule has 2 fully saturated rings. The number of esters is 1. The molecule has 1 aromatic rings. The molecule has 4 aliphatic rings. The highest BCUT2D eigenvalue weighted by Gasteiger charge is 2.75. The monoisotopic (exact) mass is 523 g/mol. The molecule has 0 aliphatic carbocycles. The van der Waals surface area contributed by atoms with E-state index in [2.05, 4.69) is 18.7 Å². The Morgan fingerprint density at radius 1 is 1.00 bits per heavy atom. The molecule has 2 saturated heterocycles. The van der Waals surface area contributed by atoms with Gasteiger partial charge in [-0.05, 0) is 57.0 Å². The first-order chi connectivity index (χ1) is 18.4. The van der Waals surface area contributed by atoms with Gasteiger partial charge in [0.1, 0.15) is 29.8 Å². The Bertz CT molecular complexity index is 1150. The Kier molecular flexibility index (Phi) is 7.09. The lowest BCUT2D eigenvalue weighted by Gasteiger charge is -2.38. The van der Waals surface area contributed by atoms with Crippen molar-refractivity contribution in [3.63, 3.8) is 0 Å². The summed E-state index contributed by atoms with van der Waals surface area (Å²) in [7, 11) is 0. The molecule has 5 rings (SSSR count). The van der Waals surface area contributed by atoms with Gasteiger partial charge in [0.05, 0.1) is 5.92 Å². The van der Waals surface area contributed by atoms with Gasteiger partial charge in [0, 0.05) is 44.2 Å². The summed E-state index contributed by atoms with van der Waals surface area (Å²) in [5.74, 6) is -2.82. The number of ether oxygens (including phenoxy) is 2. The Morgan fingerprint density at radius 3 is 2.39 bits per heavy atom. The van der Waals surface area contributed by atoms with Crippen LogP contribution >= 0.6 is 0 Å². The highest BCUT2D eigenvalue weighted by molar-refractivity contribution is 6.05. The summed E-state index contributed by atoms with van der Waals surface area (Å²) >= 11 is 0. The number of carbonyl (C=O) groups is 3. The van der Waals surface area contributed by atoms with Crippen LogP contribution in [0.25, 0.3) is 0 Å². The fourth-order valence-electron chi connectivity index (χ4n) is 6.74. The minimum absolute atomic E-state index is 0.122. The van der Waals surface area contributed by atoms with Crippen LogP contribution in [0.3, 0.4) is 0 Å². The first-order valence-corrected chi connectivity index (χ1v) is 13.7. The molecule has 1 unspecified atom stereocenters. The van der Waals surface area contributed by atoms with E-state index in [0.29, 0.717) is 19.4 Å². The second kappa shape index (κ2) is 10.2. The minimum atomic E-state index is -1.32. The highest BCUT2D eigenvalue weighted by Crippen LogP contribution is 2.58. The van der Waals surface area contributed by atoms with Crippen LogP contribution in [0.5, 0.6) is 0 Å². The average molecular weight is 524 g/mol. The predicted molar refractivity (Wildman–Crippen MR) is 143 cm³/mol. The molecule has 2 amide bonds. The predicted octanol–water partition coefficient (Wildman–Crippen LogP) is 2.29. The SMILES string of the molecule is CCN(CC)c1ccc(N2CC=C[C@]34O[C@@]5(CC)C=CCOC(=O)[C@H]5[C@H]3C(=O)N(CCCO)C4C2=O)cc1. The van der Waals surface area contributed by atoms with E-state index in [1.165, 1.54) is 4.90 Å². The number of fused-ring (bicyclic) bond motifs is 2. The average Bonchev–Trinajstić information content (AvgIpc) is 3.20. The summed E-state index contributed by atoms with van der Waals surface area (Å²) in [5.41, 5.74) is -0.563. The number of cyclic esters (lactones) is 1. The number of nitrogens with zero attached hydrogens (tertiary/aromatic N) is 3. The molecule has 1 aromatic carbocycles. The second-order valence-electron chi connectivity index (χ2n) is 10.3. The molecule has 204 valence electrons. The van der Waals surface area contributed by atoms with Crippen molar-refractivity contribution in [3.8, 4) is 0 Å². The number of hydrogen-bond acceptors (Lipinski definition) is 7. The summed E-state index contributed by atoms with van der Waals surface area (Å²) in [6.45, 7) is 8.38. The molecule has 4 heterocycles. The number of rotatable bonds is 8. The van der Waals surface area contributed by atoms with Gasteiger partial charge in [0.15, 0.2) is 0 Å². The molecule has 4 aliphatic heterocycles. The fourth-order valence-corrected chi connectivity index (χ4v) is 6.74. The van der Waals surface area contributed by atoms with Crippen LogP contribution in [0, 0.1) is 11.8 Å². The van der Waals surface area contributed by atoms with Crippen molar-refractivity contribution < 1.29 is 29.0 Å². The van der Waals surface area contributed by atoms with Crippen LogP contribution in [0.1, 0.15) is 33.6 Å². The maximum Gasteiger partial charge on any atom is 0.313 e. The van der Waals surface area contributed by atoms with E-state index in [0.717, 1.165) is 24.5 Å². The molecular formula is C29H37N3O6. The van der Waals surface area contributed by atoms with Gasteiger partial charge in [-0.2, -0.15) is 0 Å². The molecular weight excluding hydrogens is 486 g/mol. The topological polar surface area (TPSA) is 99.6 Å². The Hall–Kier alpha value is -3.17. The van der Waals surface area contributed by atoms with E-state index in [-0.39, 0.29) is 31.6 Å². The number of amides is 2. The quantitative estimate of drug-likeness (QED) is 0.412. The van der Waals surface area contributed by atoms with E-state index in [1.807, 2.05) is 49.4 Å². The number of benzene rings is 1. The van der Waals surface area contributed by atoms with E-state index in [1.54, 1.807) is 11.0 Å².